The van der Waals surface area contributed by atoms with Crippen LogP contribution < -0.4 is 5.19 Å². The first-order valence-electron chi connectivity index (χ1n) is 4.91. The van der Waals surface area contributed by atoms with Crippen LogP contribution in [0.3, 0.4) is 0 Å². The number of hydrogen-bond acceptors (Lipinski definition) is 0. The highest BCUT2D eigenvalue weighted by Gasteiger charge is 2.07. The van der Waals surface area contributed by atoms with E-state index in [-0.39, 0.29) is 5.41 Å². The fraction of sp³-hybridized carbons (Fsp3) is 0.385. The topological polar surface area (TPSA) is 0 Å². The summed E-state index contributed by atoms with van der Waals surface area (Å²) < 4.78 is 0. The van der Waals surface area contributed by atoms with Crippen molar-refractivity contribution in [2.45, 2.75) is 27.3 Å². The normalized spacial score (nSPS) is 10.9. The molecule has 1 radical (unpaired) electrons. The molecule has 0 saturated heterocycles. The van der Waals surface area contributed by atoms with Gasteiger partial charge in [0.05, 0.1) is 0 Å². The van der Waals surface area contributed by atoms with Crippen molar-refractivity contribution in [3.05, 3.63) is 30.3 Å². The molecule has 0 saturated carbocycles. The monoisotopic (exact) mass is 201 g/mol. The molecule has 0 bridgehead atoms. The second-order valence-electron chi connectivity index (χ2n) is 4.49. The molecule has 0 aliphatic heterocycles. The van der Waals surface area contributed by atoms with E-state index in [0.29, 0.717) is 0 Å². The maximum absolute atomic E-state index is 3.39. The Kier molecular flexibility index (Phi) is 3.54. The molecule has 0 nitrogen and oxygen atoms in total. The molecule has 1 aromatic carbocycles. The summed E-state index contributed by atoms with van der Waals surface area (Å²) in [6.07, 6.45) is 0. The first-order chi connectivity index (χ1) is 6.49. The Morgan fingerprint density at radius 3 is 2.14 bits per heavy atom. The molecule has 0 N–H and O–H groups in total. The Hall–Kier alpha value is -1.00. The van der Waals surface area contributed by atoms with Crippen LogP contribution in [0.4, 0.5) is 0 Å². The standard InChI is InChI=1S/C13H17Si/c1-13(2,3)10-11-14(4)12-8-6-5-7-9-12/h5-9H,1-4H3. The Morgan fingerprint density at radius 2 is 1.64 bits per heavy atom. The van der Waals surface area contributed by atoms with Gasteiger partial charge in [0.15, 0.2) is 8.80 Å². The van der Waals surface area contributed by atoms with Gasteiger partial charge < -0.3 is 0 Å². The lowest BCUT2D eigenvalue weighted by Gasteiger charge is -2.08. The molecule has 0 fully saturated rings. The van der Waals surface area contributed by atoms with E-state index in [9.17, 15) is 0 Å². The van der Waals surface area contributed by atoms with Crippen molar-refractivity contribution in [1.82, 2.24) is 0 Å². The van der Waals surface area contributed by atoms with Gasteiger partial charge in [-0.3, -0.25) is 0 Å². The number of hydrogen-bond donors (Lipinski definition) is 0. The van der Waals surface area contributed by atoms with Crippen molar-refractivity contribution in [3.63, 3.8) is 0 Å². The lowest BCUT2D eigenvalue weighted by molar-refractivity contribution is 0.571. The van der Waals surface area contributed by atoms with Crippen molar-refractivity contribution in [2.24, 2.45) is 5.41 Å². The largest absolute Gasteiger partial charge is 0.175 e. The van der Waals surface area contributed by atoms with Gasteiger partial charge in [-0.2, -0.15) is 0 Å². The molecule has 1 heteroatoms. The number of rotatable bonds is 1. The summed E-state index contributed by atoms with van der Waals surface area (Å²) in [5.74, 6) is 3.32. The minimum atomic E-state index is -0.661. The summed E-state index contributed by atoms with van der Waals surface area (Å²) >= 11 is 0. The summed E-state index contributed by atoms with van der Waals surface area (Å²) in [6.45, 7) is 8.71. The second kappa shape index (κ2) is 4.48. The molecule has 0 atom stereocenters. The summed E-state index contributed by atoms with van der Waals surface area (Å²) in [7, 11) is -0.661. The Bertz CT molecular complexity index is 335. The molecular weight excluding hydrogens is 184 g/mol. The molecule has 1 rings (SSSR count). The summed E-state index contributed by atoms with van der Waals surface area (Å²) in [6, 6.07) is 10.6. The molecule has 0 amide bonds. The van der Waals surface area contributed by atoms with Crippen LogP contribution in [0.15, 0.2) is 30.3 Å². The van der Waals surface area contributed by atoms with E-state index in [4.69, 9.17) is 0 Å². The Morgan fingerprint density at radius 1 is 1.07 bits per heavy atom. The molecule has 0 aliphatic carbocycles. The molecule has 0 heterocycles. The van der Waals surface area contributed by atoms with Crippen LogP contribution in [0.1, 0.15) is 20.8 Å². The van der Waals surface area contributed by atoms with Crippen molar-refractivity contribution in [3.8, 4) is 11.5 Å². The van der Waals surface area contributed by atoms with Crippen LogP contribution in [0, 0.1) is 16.9 Å². The fourth-order valence-electron chi connectivity index (χ4n) is 1.04. The van der Waals surface area contributed by atoms with E-state index < -0.39 is 8.80 Å². The predicted molar refractivity (Wildman–Crippen MR) is 64.9 cm³/mol. The molecule has 73 valence electrons. The molecule has 0 spiro atoms. The zero-order valence-corrected chi connectivity index (χ0v) is 10.4. The molecule has 0 aromatic heterocycles. The minimum Gasteiger partial charge on any atom is -0.127 e. The van der Waals surface area contributed by atoms with E-state index in [0.717, 1.165) is 0 Å². The van der Waals surface area contributed by atoms with Crippen molar-refractivity contribution in [2.75, 3.05) is 0 Å². The van der Waals surface area contributed by atoms with E-state index in [1.807, 2.05) is 0 Å². The minimum absolute atomic E-state index is 0.126. The highest BCUT2D eigenvalue weighted by atomic mass is 28.3. The van der Waals surface area contributed by atoms with Gasteiger partial charge in [-0.05, 0) is 26.0 Å². The highest BCUT2D eigenvalue weighted by Crippen LogP contribution is 2.09. The third-order valence-electron chi connectivity index (χ3n) is 1.83. The van der Waals surface area contributed by atoms with Gasteiger partial charge in [0.1, 0.15) is 0 Å². The van der Waals surface area contributed by atoms with Crippen molar-refractivity contribution in [1.29, 1.82) is 0 Å². The Balaban J connectivity index is 2.76. The lowest BCUT2D eigenvalue weighted by atomic mass is 9.99. The van der Waals surface area contributed by atoms with Crippen molar-refractivity contribution < 1.29 is 0 Å². The zero-order valence-electron chi connectivity index (χ0n) is 9.39. The smallest absolute Gasteiger partial charge is 0.127 e. The van der Waals surface area contributed by atoms with E-state index in [2.05, 4.69) is 69.1 Å². The number of benzene rings is 1. The summed E-state index contributed by atoms with van der Waals surface area (Å²) in [5.41, 5.74) is 3.52. The summed E-state index contributed by atoms with van der Waals surface area (Å²) in [4.78, 5) is 0. The van der Waals surface area contributed by atoms with Gasteiger partial charge >= 0.3 is 0 Å². The van der Waals surface area contributed by atoms with Crippen molar-refractivity contribution >= 4 is 14.0 Å². The maximum Gasteiger partial charge on any atom is 0.175 e. The average Bonchev–Trinajstić information content (AvgIpc) is 2.14. The lowest BCUT2D eigenvalue weighted by Crippen LogP contribution is -2.24. The molecule has 0 unspecified atom stereocenters. The van der Waals surface area contributed by atoms with Crippen LogP contribution in [0.5, 0.6) is 0 Å². The van der Waals surface area contributed by atoms with Gasteiger partial charge in [-0.25, -0.2) is 0 Å². The second-order valence-corrected chi connectivity index (χ2v) is 6.57. The molecule has 14 heavy (non-hydrogen) atoms. The fourth-order valence-corrected chi connectivity index (χ4v) is 2.44. The highest BCUT2D eigenvalue weighted by molar-refractivity contribution is 6.79. The van der Waals surface area contributed by atoms with Gasteiger partial charge in [0.2, 0.25) is 0 Å². The van der Waals surface area contributed by atoms with E-state index in [1.54, 1.807) is 0 Å². The third kappa shape index (κ3) is 3.80. The van der Waals surface area contributed by atoms with Crippen LogP contribution >= 0.6 is 0 Å². The molecular formula is C13H17Si. The van der Waals surface area contributed by atoms with E-state index >= 15 is 0 Å². The predicted octanol–water partition coefficient (Wildman–Crippen LogP) is 2.61. The van der Waals surface area contributed by atoms with Gasteiger partial charge in [0.25, 0.3) is 0 Å². The Labute approximate surface area is 89.0 Å². The van der Waals surface area contributed by atoms with Crippen LogP contribution in [0.25, 0.3) is 0 Å². The molecule has 0 aliphatic rings. The zero-order chi connectivity index (χ0) is 10.6. The van der Waals surface area contributed by atoms with Gasteiger partial charge in [-0.15, -0.1) is 11.5 Å². The summed E-state index contributed by atoms with van der Waals surface area (Å²) in [5, 5.41) is 1.40. The molecule has 1 aromatic rings. The van der Waals surface area contributed by atoms with Gasteiger partial charge in [-0.1, -0.05) is 36.9 Å². The maximum atomic E-state index is 3.39. The third-order valence-corrected chi connectivity index (χ3v) is 3.53. The average molecular weight is 201 g/mol. The first-order valence-corrected chi connectivity index (χ1v) is 6.91. The SMILES string of the molecule is C[Si](C#CC(C)(C)C)c1ccccc1. The first kappa shape index (κ1) is 11.1. The van der Waals surface area contributed by atoms with E-state index in [1.165, 1.54) is 5.19 Å². The van der Waals surface area contributed by atoms with Crippen LogP contribution in [-0.4, -0.2) is 8.80 Å². The van der Waals surface area contributed by atoms with Crippen LogP contribution in [-0.2, 0) is 0 Å². The van der Waals surface area contributed by atoms with Gasteiger partial charge in [0, 0.05) is 5.41 Å². The van der Waals surface area contributed by atoms with Crippen LogP contribution in [0.2, 0.25) is 6.55 Å². The quantitative estimate of drug-likeness (QED) is 0.484.